The molecule has 0 bridgehead atoms. The first-order valence-electron chi connectivity index (χ1n) is 56.5. The average Bonchev–Trinajstić information content (AvgIpc) is 1.54. The molecule has 24 aromatic rings. The van der Waals surface area contributed by atoms with E-state index in [1.165, 1.54) is 285 Å². The van der Waals surface area contributed by atoms with Gasteiger partial charge in [-0.3, -0.25) is 0 Å². The Morgan fingerprint density at radius 1 is 0.0933 bits per heavy atom. The van der Waals surface area contributed by atoms with E-state index in [-0.39, 0.29) is 0 Å². The highest BCUT2D eigenvalue weighted by Gasteiger charge is 2.36. The predicted molar refractivity (Wildman–Crippen MR) is 664 cm³/mol. The van der Waals surface area contributed by atoms with Crippen LogP contribution in [0.25, 0.3) is 208 Å². The third-order valence-corrected chi connectivity index (χ3v) is 30.6. The van der Waals surface area contributed by atoms with Gasteiger partial charge in [0.2, 0.25) is 0 Å². The zero-order valence-electron chi connectivity index (χ0n) is 91.9. The summed E-state index contributed by atoms with van der Waals surface area (Å²) in [4.78, 5) is 0. The zero-order valence-corrected chi connectivity index (χ0v) is 91.9. The number of benzene rings is 24. The molecule has 0 heterocycles. The molecule has 0 fully saturated rings. The van der Waals surface area contributed by atoms with Crippen molar-refractivity contribution in [3.05, 3.63) is 502 Å². The van der Waals surface area contributed by atoms with Gasteiger partial charge in [0.05, 0.1) is 0 Å². The van der Waals surface area contributed by atoms with Crippen LogP contribution in [0.3, 0.4) is 0 Å². The van der Waals surface area contributed by atoms with E-state index in [1.54, 1.807) is 11.1 Å². The van der Waals surface area contributed by atoms with Gasteiger partial charge in [0.1, 0.15) is 0 Å². The fourth-order valence-corrected chi connectivity index (χ4v) is 25.2. The molecule has 0 atom stereocenters. The van der Waals surface area contributed by atoms with Crippen LogP contribution in [0.4, 0.5) is 0 Å². The molecule has 744 valence electrons. The minimum absolute atomic E-state index is 1.00. The van der Waals surface area contributed by atoms with Crippen LogP contribution in [-0.2, 0) is 51.4 Å². The molecule has 0 aliphatic heterocycles. The molecule has 0 N–H and O–H groups in total. The summed E-state index contributed by atoms with van der Waals surface area (Å²) in [6.45, 7) is 40.0. The minimum Gasteiger partial charge on any atom is -0.0683 e. The fourth-order valence-electron chi connectivity index (χ4n) is 25.2. The van der Waals surface area contributed by atoms with Gasteiger partial charge in [-0.15, -0.1) is 0 Å². The maximum atomic E-state index is 2.38. The van der Waals surface area contributed by atoms with Gasteiger partial charge in [-0.1, -0.05) is 551 Å². The molecule has 0 nitrogen and oxygen atoms in total. The summed E-state index contributed by atoms with van der Waals surface area (Å²) in [7, 11) is 0. The van der Waals surface area contributed by atoms with Crippen LogP contribution < -0.4 is 0 Å². The van der Waals surface area contributed by atoms with Crippen LogP contribution >= 0.6 is 0 Å². The van der Waals surface area contributed by atoms with E-state index >= 15 is 0 Å². The Balaban J connectivity index is 0.000000118. The largest absolute Gasteiger partial charge is 0.0683 e. The molecule has 8 aliphatic carbocycles. The van der Waals surface area contributed by atoms with E-state index in [0.717, 1.165) is 51.4 Å². The summed E-state index contributed by atoms with van der Waals surface area (Å²) in [6.07, 6.45) is 8.39. The summed E-state index contributed by atoms with van der Waals surface area (Å²) in [5, 5.41) is 30.4. The van der Waals surface area contributed by atoms with Crippen LogP contribution in [0.15, 0.2) is 413 Å². The van der Waals surface area contributed by atoms with Crippen molar-refractivity contribution in [2.75, 3.05) is 0 Å². The van der Waals surface area contributed by atoms with Gasteiger partial charge in [-0.25, -0.2) is 0 Å². The van der Waals surface area contributed by atoms with Crippen molar-refractivity contribution >= 4 is 118 Å². The second-order valence-electron chi connectivity index (χ2n) is 37.0. The normalized spacial score (nSPS) is 11.8. The van der Waals surface area contributed by atoms with E-state index in [1.807, 2.05) is 138 Å². The lowest BCUT2D eigenvalue weighted by Gasteiger charge is -2.15. The van der Waals surface area contributed by atoms with E-state index < -0.39 is 0 Å². The monoisotopic (exact) mass is 1950 g/mol. The van der Waals surface area contributed by atoms with Crippen molar-refractivity contribution in [3.63, 3.8) is 0 Å². The SMILES string of the molecule is CC.CC.CC.CC.CC.CC.CC.CC.CC.CC.c1ccc2c(c1)Cc1c-2c2ccccc2c2ccccc12.c1ccc2c(c1)Cc1c-2ccc2c1-c1c(c3ccccc3c3ccccc13)C2.c1ccc2c(c1)Cc1c-2ccc2c1Cc1ccc3ccccc3c1-2.c1ccc2c(c1)Cc1ccc3c(c1-2)-c1c(c2ccccc2c2ccccc12)C3.c1ccc2c(c1)c1c(c3ccccc32)-c2c(c3ccccc3c3ccccc23)C1. The lowest BCUT2D eigenvalue weighted by atomic mass is 9.88. The number of hydrogen-bond acceptors (Lipinski definition) is 0. The van der Waals surface area contributed by atoms with Crippen LogP contribution in [0.1, 0.15) is 227 Å². The topological polar surface area (TPSA) is 0 Å². The molecule has 0 saturated carbocycles. The lowest BCUT2D eigenvalue weighted by molar-refractivity contribution is 1.16. The Morgan fingerprint density at radius 3 is 0.700 bits per heavy atom. The van der Waals surface area contributed by atoms with Crippen molar-refractivity contribution in [1.82, 2.24) is 0 Å². The predicted octanol–water partition coefficient (Wildman–Crippen LogP) is 43.9. The molecule has 0 radical (unpaired) electrons. The van der Waals surface area contributed by atoms with Gasteiger partial charge >= 0.3 is 0 Å². The first-order valence-corrected chi connectivity index (χ1v) is 56.5. The smallest absolute Gasteiger partial charge is 0.0000653 e. The molecular formula is C150H144. The summed E-state index contributed by atoms with van der Waals surface area (Å²) < 4.78 is 0. The third kappa shape index (κ3) is 17.8. The Bertz CT molecular complexity index is 8990. The van der Waals surface area contributed by atoms with Gasteiger partial charge in [-0.2, -0.15) is 0 Å². The van der Waals surface area contributed by atoms with Crippen LogP contribution in [-0.4, -0.2) is 0 Å². The van der Waals surface area contributed by atoms with Gasteiger partial charge in [0.15, 0.2) is 0 Å². The maximum absolute atomic E-state index is 2.38. The molecule has 32 rings (SSSR count). The van der Waals surface area contributed by atoms with Crippen LogP contribution in [0, 0.1) is 0 Å². The third-order valence-electron chi connectivity index (χ3n) is 30.6. The highest BCUT2D eigenvalue weighted by Crippen LogP contribution is 2.58. The molecule has 0 spiro atoms. The molecule has 0 heteroatoms. The second kappa shape index (κ2) is 47.1. The van der Waals surface area contributed by atoms with Gasteiger partial charge in [-0.05, 0) is 348 Å². The van der Waals surface area contributed by atoms with Gasteiger partial charge < -0.3 is 0 Å². The Labute approximate surface area is 892 Å². The van der Waals surface area contributed by atoms with E-state index in [0.29, 0.717) is 0 Å². The zero-order chi connectivity index (χ0) is 105. The number of fused-ring (bicyclic) bond motifs is 54. The first kappa shape index (κ1) is 104. The van der Waals surface area contributed by atoms with E-state index in [9.17, 15) is 0 Å². The second-order valence-corrected chi connectivity index (χ2v) is 37.0. The first-order chi connectivity index (χ1) is 74.5. The summed E-state index contributed by atoms with van der Waals surface area (Å²) in [6, 6.07) is 152. The van der Waals surface area contributed by atoms with E-state index in [2.05, 4.69) is 413 Å². The van der Waals surface area contributed by atoms with Crippen molar-refractivity contribution < 1.29 is 0 Å². The molecule has 8 aliphatic rings. The Hall–Kier alpha value is -15.9. The molecule has 0 saturated heterocycles. The molecule has 0 amide bonds. The standard InChI is InChI=1S/C29H18.2C28H18.C24H16.C21H14.10C2H6/c1-3-13-22-18(9-1)20-11-5-7-15-24(20)28-26(22)17-27-23-14-4-2-10-19(23)21-12-6-8-16-25(21)29(27)28;1-2-8-19-17(7-1)15-25-23(19)14-13-18-16-26-22-11-4-3-9-20(22)21-10-5-6-12-24(21)28(26)27(18)25;1-2-8-20-17(7-1)15-18-13-14-19-16-25-23-11-4-3-9-21(23)22-10-5-6-12-24(22)28(25)27(19)26(18)20;1-4-8-19-15(5-1)9-10-17-14-23-21(24(17)19)12-11-20-18-7-3-2-6-16(18)13-22(20)23;1-2-8-15-14(7-1)13-20-18-11-4-3-9-16(18)17-10-5-6-12-19(17)21(15)20;10*1-2/h1-16H,17H2;2*1-14H,15-16H2;1-12H,13-14H2;1-12H,13H2;10*1-2H3. The molecule has 0 unspecified atom stereocenters. The number of hydrogen-bond donors (Lipinski definition) is 0. The Morgan fingerprint density at radius 2 is 0.300 bits per heavy atom. The van der Waals surface area contributed by atoms with Crippen LogP contribution in [0.2, 0.25) is 0 Å². The Kier molecular flexibility index (Phi) is 32.7. The van der Waals surface area contributed by atoms with Crippen molar-refractivity contribution in [3.8, 4) is 89.0 Å². The number of rotatable bonds is 0. The fraction of sp³-hybridized carbons (Fsp3) is 0.187. The molecule has 0 aromatic heterocycles. The van der Waals surface area contributed by atoms with Gasteiger partial charge in [0, 0.05) is 0 Å². The highest BCUT2D eigenvalue weighted by atomic mass is 14.4. The van der Waals surface area contributed by atoms with Crippen molar-refractivity contribution in [2.24, 2.45) is 0 Å². The summed E-state index contributed by atoms with van der Waals surface area (Å²) >= 11 is 0. The molecule has 150 heavy (non-hydrogen) atoms. The van der Waals surface area contributed by atoms with Crippen molar-refractivity contribution in [2.45, 2.75) is 190 Å². The van der Waals surface area contributed by atoms with E-state index in [4.69, 9.17) is 0 Å². The van der Waals surface area contributed by atoms with Crippen molar-refractivity contribution in [1.29, 1.82) is 0 Å². The molecular weight excluding hydrogens is 1800 g/mol. The maximum Gasteiger partial charge on any atom is -0.0000653 e. The van der Waals surface area contributed by atoms with Gasteiger partial charge in [0.25, 0.3) is 0 Å². The molecule has 24 aromatic carbocycles. The lowest BCUT2D eigenvalue weighted by Crippen LogP contribution is -1.90. The minimum atomic E-state index is 1.00. The highest BCUT2D eigenvalue weighted by molar-refractivity contribution is 6.26. The summed E-state index contributed by atoms with van der Waals surface area (Å²) in [5.41, 5.74) is 47.1. The average molecular weight is 1950 g/mol. The quantitative estimate of drug-likeness (QED) is 0.133. The van der Waals surface area contributed by atoms with Crippen LogP contribution in [0.5, 0.6) is 0 Å². The summed E-state index contributed by atoms with van der Waals surface area (Å²) in [5.74, 6) is 0.